The second kappa shape index (κ2) is 4.60. The number of hydrogen-bond donors (Lipinski definition) is 1. The zero-order valence-electron chi connectivity index (χ0n) is 7.51. The second-order valence-corrected chi connectivity index (χ2v) is 2.80. The minimum Gasteiger partial charge on any atom is -0.359 e. The summed E-state index contributed by atoms with van der Waals surface area (Å²) in [4.78, 5) is 10.9. The lowest BCUT2D eigenvalue weighted by molar-refractivity contribution is -0.120. The van der Waals surface area contributed by atoms with Crippen molar-refractivity contribution >= 4 is 5.91 Å². The molecule has 3 heteroatoms. The molecular formula is C10H12FNO. The van der Waals surface area contributed by atoms with Crippen molar-refractivity contribution in [3.05, 3.63) is 35.6 Å². The van der Waals surface area contributed by atoms with Crippen molar-refractivity contribution in [2.24, 2.45) is 0 Å². The number of hydrogen-bond acceptors (Lipinski definition) is 1. The molecule has 0 saturated carbocycles. The van der Waals surface area contributed by atoms with Crippen molar-refractivity contribution in [2.45, 2.75) is 12.8 Å². The van der Waals surface area contributed by atoms with Gasteiger partial charge in [-0.25, -0.2) is 4.39 Å². The van der Waals surface area contributed by atoms with E-state index >= 15 is 0 Å². The smallest absolute Gasteiger partial charge is 0.220 e. The van der Waals surface area contributed by atoms with Gasteiger partial charge in [-0.2, -0.15) is 0 Å². The number of nitrogens with one attached hydrogen (secondary N) is 1. The van der Waals surface area contributed by atoms with E-state index in [1.165, 1.54) is 12.1 Å². The number of carbonyl (C=O) groups excluding carboxylic acids is 1. The molecule has 0 aromatic heterocycles. The van der Waals surface area contributed by atoms with E-state index in [-0.39, 0.29) is 11.7 Å². The Hall–Kier alpha value is -1.38. The van der Waals surface area contributed by atoms with Crippen LogP contribution in [0.3, 0.4) is 0 Å². The first-order valence-corrected chi connectivity index (χ1v) is 4.17. The molecule has 0 atom stereocenters. The van der Waals surface area contributed by atoms with Gasteiger partial charge in [0.15, 0.2) is 0 Å². The third-order valence-corrected chi connectivity index (χ3v) is 1.83. The van der Waals surface area contributed by atoms with Gasteiger partial charge >= 0.3 is 0 Å². The van der Waals surface area contributed by atoms with Crippen LogP contribution in [0.5, 0.6) is 0 Å². The zero-order chi connectivity index (χ0) is 9.68. The van der Waals surface area contributed by atoms with Crippen LogP contribution in [0.25, 0.3) is 0 Å². The normalized spacial score (nSPS) is 9.69. The van der Waals surface area contributed by atoms with Gasteiger partial charge in [-0.15, -0.1) is 0 Å². The molecule has 1 N–H and O–H groups in total. The van der Waals surface area contributed by atoms with E-state index in [2.05, 4.69) is 5.32 Å². The summed E-state index contributed by atoms with van der Waals surface area (Å²) in [7, 11) is 1.60. The predicted octanol–water partition coefficient (Wildman–Crippen LogP) is 1.50. The Kier molecular flexibility index (Phi) is 3.43. The molecule has 0 fully saturated rings. The van der Waals surface area contributed by atoms with Gasteiger partial charge < -0.3 is 5.32 Å². The van der Waals surface area contributed by atoms with Crippen LogP contribution in [0, 0.1) is 5.82 Å². The third-order valence-electron chi connectivity index (χ3n) is 1.83. The summed E-state index contributed by atoms with van der Waals surface area (Å²) in [6, 6.07) is 6.19. The highest BCUT2D eigenvalue weighted by Gasteiger charge is 1.99. The van der Waals surface area contributed by atoms with Crippen LogP contribution < -0.4 is 5.32 Å². The zero-order valence-corrected chi connectivity index (χ0v) is 7.51. The number of halogens is 1. The van der Waals surface area contributed by atoms with Crippen LogP contribution >= 0.6 is 0 Å². The van der Waals surface area contributed by atoms with E-state index < -0.39 is 0 Å². The van der Waals surface area contributed by atoms with Gasteiger partial charge in [-0.1, -0.05) is 12.1 Å². The minimum absolute atomic E-state index is 0.00400. The molecule has 70 valence electrons. The average Bonchev–Trinajstić information content (AvgIpc) is 2.16. The van der Waals surface area contributed by atoms with Crippen molar-refractivity contribution in [1.29, 1.82) is 0 Å². The lowest BCUT2D eigenvalue weighted by atomic mass is 10.1. The summed E-state index contributed by atoms with van der Waals surface area (Å²) in [5, 5.41) is 2.53. The largest absolute Gasteiger partial charge is 0.359 e. The van der Waals surface area contributed by atoms with Gasteiger partial charge in [0.1, 0.15) is 5.82 Å². The van der Waals surface area contributed by atoms with Gasteiger partial charge in [-0.05, 0) is 24.1 Å². The predicted molar refractivity (Wildman–Crippen MR) is 48.8 cm³/mol. The lowest BCUT2D eigenvalue weighted by Gasteiger charge is -2.00. The van der Waals surface area contributed by atoms with Gasteiger partial charge in [0.25, 0.3) is 0 Å². The van der Waals surface area contributed by atoms with Gasteiger partial charge in [0.2, 0.25) is 5.91 Å². The third kappa shape index (κ3) is 3.23. The maximum absolute atomic E-state index is 12.5. The van der Waals surface area contributed by atoms with Crippen LogP contribution in [0.15, 0.2) is 24.3 Å². The van der Waals surface area contributed by atoms with Crippen LogP contribution in [0.2, 0.25) is 0 Å². The van der Waals surface area contributed by atoms with Crippen molar-refractivity contribution in [2.75, 3.05) is 7.05 Å². The molecule has 0 heterocycles. The topological polar surface area (TPSA) is 29.1 Å². The fourth-order valence-electron chi connectivity index (χ4n) is 1.03. The van der Waals surface area contributed by atoms with E-state index in [1.54, 1.807) is 19.2 Å². The average molecular weight is 181 g/mol. The summed E-state index contributed by atoms with van der Waals surface area (Å²) in [5.74, 6) is -0.243. The minimum atomic E-state index is -0.247. The second-order valence-electron chi connectivity index (χ2n) is 2.80. The molecule has 2 nitrogen and oxygen atoms in total. The number of carbonyl (C=O) groups is 1. The van der Waals surface area contributed by atoms with E-state index in [4.69, 9.17) is 0 Å². The Morgan fingerprint density at radius 2 is 2.00 bits per heavy atom. The highest BCUT2D eigenvalue weighted by molar-refractivity contribution is 5.75. The van der Waals surface area contributed by atoms with Crippen LogP contribution in [-0.4, -0.2) is 13.0 Å². The van der Waals surface area contributed by atoms with E-state index in [9.17, 15) is 9.18 Å². The molecule has 0 radical (unpaired) electrons. The van der Waals surface area contributed by atoms with E-state index in [1.807, 2.05) is 0 Å². The first-order chi connectivity index (χ1) is 6.22. The lowest BCUT2D eigenvalue weighted by Crippen LogP contribution is -2.17. The number of rotatable bonds is 3. The number of benzene rings is 1. The Morgan fingerprint density at radius 1 is 1.38 bits per heavy atom. The summed E-state index contributed by atoms with van der Waals surface area (Å²) in [5.41, 5.74) is 0.977. The maximum atomic E-state index is 12.5. The SMILES string of the molecule is CNC(=O)CCc1ccc(F)cc1. The standard InChI is InChI=1S/C10H12FNO/c1-12-10(13)7-4-8-2-5-9(11)6-3-8/h2-3,5-6H,4,7H2,1H3,(H,12,13). The quantitative estimate of drug-likeness (QED) is 0.752. The van der Waals surface area contributed by atoms with E-state index in [0.29, 0.717) is 12.8 Å². The number of amides is 1. The van der Waals surface area contributed by atoms with Crippen molar-refractivity contribution in [3.63, 3.8) is 0 Å². The Morgan fingerprint density at radius 3 is 2.54 bits per heavy atom. The van der Waals surface area contributed by atoms with Crippen molar-refractivity contribution < 1.29 is 9.18 Å². The molecule has 1 amide bonds. The molecular weight excluding hydrogens is 169 g/mol. The molecule has 1 aromatic carbocycles. The van der Waals surface area contributed by atoms with Gasteiger partial charge in [0.05, 0.1) is 0 Å². The molecule has 0 bridgehead atoms. The summed E-state index contributed by atoms with van der Waals surface area (Å²) in [6.45, 7) is 0. The first kappa shape index (κ1) is 9.71. The molecule has 0 saturated heterocycles. The van der Waals surface area contributed by atoms with E-state index in [0.717, 1.165) is 5.56 Å². The molecule has 1 aromatic rings. The van der Waals surface area contributed by atoms with Crippen LogP contribution in [0.4, 0.5) is 4.39 Å². The van der Waals surface area contributed by atoms with Gasteiger partial charge in [0, 0.05) is 13.5 Å². The summed E-state index contributed by atoms with van der Waals surface area (Å²) < 4.78 is 12.5. The monoisotopic (exact) mass is 181 g/mol. The van der Waals surface area contributed by atoms with Gasteiger partial charge in [-0.3, -0.25) is 4.79 Å². The fraction of sp³-hybridized carbons (Fsp3) is 0.300. The fourth-order valence-corrected chi connectivity index (χ4v) is 1.03. The highest BCUT2D eigenvalue weighted by Crippen LogP contribution is 2.04. The molecule has 0 aliphatic heterocycles. The summed E-state index contributed by atoms with van der Waals surface area (Å²) in [6.07, 6.45) is 1.10. The highest BCUT2D eigenvalue weighted by atomic mass is 19.1. The maximum Gasteiger partial charge on any atom is 0.220 e. The Labute approximate surface area is 76.8 Å². The molecule has 1 rings (SSSR count). The van der Waals surface area contributed by atoms with Crippen molar-refractivity contribution in [3.8, 4) is 0 Å². The molecule has 0 unspecified atom stereocenters. The van der Waals surface area contributed by atoms with Crippen LogP contribution in [-0.2, 0) is 11.2 Å². The van der Waals surface area contributed by atoms with Crippen molar-refractivity contribution in [1.82, 2.24) is 5.32 Å². The molecule has 0 aliphatic carbocycles. The first-order valence-electron chi connectivity index (χ1n) is 4.17. The Bertz CT molecular complexity index is 281. The Balaban J connectivity index is 2.46. The van der Waals surface area contributed by atoms with Crippen LogP contribution in [0.1, 0.15) is 12.0 Å². The number of aryl methyl sites for hydroxylation is 1. The molecule has 13 heavy (non-hydrogen) atoms. The molecule has 0 aliphatic rings. The molecule has 0 spiro atoms. The summed E-state index contributed by atoms with van der Waals surface area (Å²) >= 11 is 0.